The first-order valence-corrected chi connectivity index (χ1v) is 6.70. The van der Waals surface area contributed by atoms with E-state index >= 15 is 0 Å². The molecule has 2 rings (SSSR count). The Balaban J connectivity index is 2.35. The van der Waals surface area contributed by atoms with E-state index in [1.54, 1.807) is 0 Å². The van der Waals surface area contributed by atoms with Gasteiger partial charge in [-0.25, -0.2) is 17.9 Å². The van der Waals surface area contributed by atoms with E-state index in [1.807, 2.05) is 0 Å². The Morgan fingerprint density at radius 1 is 1.44 bits per heavy atom. The Labute approximate surface area is 103 Å². The fourth-order valence-electron chi connectivity index (χ4n) is 1.84. The van der Waals surface area contributed by atoms with Gasteiger partial charge in [-0.2, -0.15) is 0 Å². The van der Waals surface area contributed by atoms with Crippen molar-refractivity contribution >= 4 is 21.6 Å². The van der Waals surface area contributed by atoms with Gasteiger partial charge in [-0.05, 0) is 12.1 Å². The summed E-state index contributed by atoms with van der Waals surface area (Å²) in [5.74, 6) is -1.46. The molecular formula is C10H11FN2O4S. The van der Waals surface area contributed by atoms with Crippen LogP contribution in [0.1, 0.15) is 6.42 Å². The number of benzene rings is 1. The van der Waals surface area contributed by atoms with Crippen LogP contribution in [0.2, 0.25) is 0 Å². The molecule has 1 amide bonds. The zero-order valence-electron chi connectivity index (χ0n) is 9.21. The van der Waals surface area contributed by atoms with E-state index in [4.69, 9.17) is 5.14 Å². The summed E-state index contributed by atoms with van der Waals surface area (Å²) in [5, 5.41) is 13.2. The van der Waals surface area contributed by atoms with Gasteiger partial charge in [-0.1, -0.05) is 0 Å². The number of phenolic OH excluding ortho intramolecular Hbond substituents is 1. The number of carbonyl (C=O) groups is 1. The van der Waals surface area contributed by atoms with Crippen LogP contribution < -0.4 is 10.0 Å². The second-order valence-electron chi connectivity index (χ2n) is 4.06. The molecule has 1 aliphatic rings. The molecule has 0 aromatic heterocycles. The minimum absolute atomic E-state index is 0.147. The second-order valence-corrected chi connectivity index (χ2v) is 5.90. The Morgan fingerprint density at radius 3 is 2.67 bits per heavy atom. The summed E-state index contributed by atoms with van der Waals surface area (Å²) < 4.78 is 35.9. The fraction of sp³-hybridized carbons (Fsp3) is 0.300. The monoisotopic (exact) mass is 274 g/mol. The molecule has 1 saturated heterocycles. The highest BCUT2D eigenvalue weighted by Crippen LogP contribution is 2.29. The van der Waals surface area contributed by atoms with Crippen molar-refractivity contribution < 1.29 is 22.7 Å². The third kappa shape index (κ3) is 2.29. The quantitative estimate of drug-likeness (QED) is 0.788. The summed E-state index contributed by atoms with van der Waals surface area (Å²) in [6, 6.07) is 3.21. The third-order valence-electron chi connectivity index (χ3n) is 2.77. The van der Waals surface area contributed by atoms with Gasteiger partial charge >= 0.3 is 0 Å². The maximum atomic E-state index is 13.5. The first-order chi connectivity index (χ1) is 8.29. The molecule has 8 heteroatoms. The van der Waals surface area contributed by atoms with Crippen molar-refractivity contribution in [1.29, 1.82) is 0 Å². The number of hydrogen-bond acceptors (Lipinski definition) is 4. The average Bonchev–Trinajstić information content (AvgIpc) is 2.64. The lowest BCUT2D eigenvalue weighted by molar-refractivity contribution is -0.117. The van der Waals surface area contributed by atoms with Crippen molar-refractivity contribution in [3.05, 3.63) is 24.0 Å². The maximum absolute atomic E-state index is 13.5. The minimum atomic E-state index is -3.85. The van der Waals surface area contributed by atoms with Crippen LogP contribution in [0.3, 0.4) is 0 Å². The summed E-state index contributed by atoms with van der Waals surface area (Å²) in [5.41, 5.74) is -0.147. The van der Waals surface area contributed by atoms with Gasteiger partial charge in [0, 0.05) is 19.0 Å². The molecule has 0 saturated carbocycles. The normalized spacial score (nSPS) is 20.4. The van der Waals surface area contributed by atoms with Gasteiger partial charge in [0.2, 0.25) is 15.9 Å². The molecule has 1 aromatic carbocycles. The van der Waals surface area contributed by atoms with Gasteiger partial charge in [0.15, 0.2) is 0 Å². The molecule has 0 bridgehead atoms. The lowest BCUT2D eigenvalue weighted by Gasteiger charge is -2.17. The lowest BCUT2D eigenvalue weighted by atomic mass is 10.2. The maximum Gasteiger partial charge on any atom is 0.228 e. The second kappa shape index (κ2) is 4.21. The highest BCUT2D eigenvalue weighted by Gasteiger charge is 2.38. The van der Waals surface area contributed by atoms with E-state index in [-0.39, 0.29) is 24.4 Å². The van der Waals surface area contributed by atoms with Crippen LogP contribution in [-0.4, -0.2) is 31.2 Å². The molecule has 1 fully saturated rings. The molecule has 3 N–H and O–H groups in total. The lowest BCUT2D eigenvalue weighted by Crippen LogP contribution is -2.32. The van der Waals surface area contributed by atoms with Crippen molar-refractivity contribution in [3.63, 3.8) is 0 Å². The highest BCUT2D eigenvalue weighted by molar-refractivity contribution is 7.89. The SMILES string of the molecule is NS(=O)(=O)C1CC(=O)N(c2cc(O)ccc2F)C1. The number of sulfonamides is 1. The standard InChI is InChI=1S/C10H11FN2O4S/c11-8-2-1-6(14)3-9(8)13-5-7(4-10(13)15)18(12,16)17/h1-3,7,14H,4-5H2,(H2,12,16,17). The number of primary sulfonamides is 1. The van der Waals surface area contributed by atoms with Crippen LogP contribution >= 0.6 is 0 Å². The molecular weight excluding hydrogens is 263 g/mol. The van der Waals surface area contributed by atoms with Crippen molar-refractivity contribution in [1.82, 2.24) is 0 Å². The number of carbonyl (C=O) groups excluding carboxylic acids is 1. The fourth-order valence-corrected chi connectivity index (χ4v) is 2.57. The highest BCUT2D eigenvalue weighted by atomic mass is 32.2. The Kier molecular flexibility index (Phi) is 2.99. The minimum Gasteiger partial charge on any atom is -0.508 e. The van der Waals surface area contributed by atoms with E-state index in [2.05, 4.69) is 0 Å². The van der Waals surface area contributed by atoms with E-state index in [0.29, 0.717) is 0 Å². The zero-order valence-corrected chi connectivity index (χ0v) is 10.0. The zero-order chi connectivity index (χ0) is 13.5. The van der Waals surface area contributed by atoms with Gasteiger partial charge in [0.25, 0.3) is 0 Å². The molecule has 18 heavy (non-hydrogen) atoms. The topological polar surface area (TPSA) is 101 Å². The van der Waals surface area contributed by atoms with Crippen molar-refractivity contribution in [3.8, 4) is 5.75 Å². The van der Waals surface area contributed by atoms with Gasteiger partial charge in [0.1, 0.15) is 16.8 Å². The van der Waals surface area contributed by atoms with E-state index in [0.717, 1.165) is 23.1 Å². The first kappa shape index (κ1) is 12.8. The predicted octanol–water partition coefficient (Wildman–Crippen LogP) is -0.0749. The molecule has 0 radical (unpaired) electrons. The Morgan fingerprint density at radius 2 is 2.11 bits per heavy atom. The van der Waals surface area contributed by atoms with Crippen LogP contribution in [-0.2, 0) is 14.8 Å². The number of aromatic hydroxyl groups is 1. The van der Waals surface area contributed by atoms with Crippen LogP contribution in [0.4, 0.5) is 10.1 Å². The number of halogens is 1. The third-order valence-corrected chi connectivity index (χ3v) is 4.02. The van der Waals surface area contributed by atoms with Crippen LogP contribution in [0.15, 0.2) is 18.2 Å². The molecule has 0 spiro atoms. The Bertz CT molecular complexity index is 602. The molecule has 1 heterocycles. The van der Waals surface area contributed by atoms with Crippen molar-refractivity contribution in [2.45, 2.75) is 11.7 Å². The molecule has 98 valence electrons. The molecule has 1 aliphatic heterocycles. The molecule has 1 unspecified atom stereocenters. The summed E-state index contributed by atoms with van der Waals surface area (Å²) in [4.78, 5) is 12.6. The number of hydrogen-bond donors (Lipinski definition) is 2. The number of anilines is 1. The van der Waals surface area contributed by atoms with Gasteiger partial charge in [-0.15, -0.1) is 0 Å². The van der Waals surface area contributed by atoms with E-state index < -0.39 is 27.0 Å². The van der Waals surface area contributed by atoms with Crippen LogP contribution in [0.5, 0.6) is 5.75 Å². The molecule has 1 aromatic rings. The number of nitrogens with two attached hydrogens (primary N) is 1. The average molecular weight is 274 g/mol. The summed E-state index contributed by atoms with van der Waals surface area (Å²) >= 11 is 0. The van der Waals surface area contributed by atoms with Crippen LogP contribution in [0, 0.1) is 5.82 Å². The van der Waals surface area contributed by atoms with Gasteiger partial charge < -0.3 is 10.0 Å². The summed E-state index contributed by atoms with van der Waals surface area (Å²) in [7, 11) is -3.85. The van der Waals surface area contributed by atoms with Gasteiger partial charge in [-0.3, -0.25) is 4.79 Å². The van der Waals surface area contributed by atoms with Crippen molar-refractivity contribution in [2.75, 3.05) is 11.4 Å². The number of amides is 1. The first-order valence-electron chi connectivity index (χ1n) is 5.09. The molecule has 6 nitrogen and oxygen atoms in total. The summed E-state index contributed by atoms with van der Waals surface area (Å²) in [6.45, 7) is -0.210. The smallest absolute Gasteiger partial charge is 0.228 e. The van der Waals surface area contributed by atoms with Crippen LogP contribution in [0.25, 0.3) is 0 Å². The molecule has 1 atom stereocenters. The molecule has 0 aliphatic carbocycles. The Hall–Kier alpha value is -1.67. The number of phenols is 1. The number of rotatable bonds is 2. The summed E-state index contributed by atoms with van der Waals surface area (Å²) in [6.07, 6.45) is -0.284. The van der Waals surface area contributed by atoms with E-state index in [1.165, 1.54) is 0 Å². The van der Waals surface area contributed by atoms with E-state index in [9.17, 15) is 22.7 Å². The number of nitrogens with zero attached hydrogens (tertiary/aromatic N) is 1. The predicted molar refractivity (Wildman–Crippen MR) is 61.9 cm³/mol. The van der Waals surface area contributed by atoms with Crippen molar-refractivity contribution in [2.24, 2.45) is 5.14 Å². The van der Waals surface area contributed by atoms with Gasteiger partial charge in [0.05, 0.1) is 5.69 Å². The largest absolute Gasteiger partial charge is 0.508 e.